The molecule has 3 atom stereocenters. The lowest BCUT2D eigenvalue weighted by atomic mass is 10.0. The number of hydrogen-bond acceptors (Lipinski definition) is 4. The van der Waals surface area contributed by atoms with Crippen LogP contribution in [-0.2, 0) is 4.79 Å². The number of nitrogens with one attached hydrogen (secondary N) is 1. The Morgan fingerprint density at radius 3 is 1.26 bits per heavy atom. The molecule has 4 N–H and O–H groups in total. The van der Waals surface area contributed by atoms with Crippen LogP contribution in [0.5, 0.6) is 0 Å². The zero-order chi connectivity index (χ0) is 36.6. The molecule has 0 aromatic rings. The molecule has 0 aromatic heterocycles. The van der Waals surface area contributed by atoms with Crippen molar-refractivity contribution in [2.24, 2.45) is 0 Å². The molecule has 0 aliphatic rings. The predicted molar refractivity (Wildman–Crippen MR) is 218 cm³/mol. The van der Waals surface area contributed by atoms with Crippen LogP contribution in [0.15, 0.2) is 36.5 Å². The number of carbonyl (C=O) groups excluding carboxylic acids is 1. The van der Waals surface area contributed by atoms with Gasteiger partial charge in [-0.15, -0.1) is 0 Å². The van der Waals surface area contributed by atoms with Crippen LogP contribution in [0.2, 0.25) is 0 Å². The van der Waals surface area contributed by atoms with Crippen molar-refractivity contribution in [3.8, 4) is 0 Å². The summed E-state index contributed by atoms with van der Waals surface area (Å²) in [5, 5.41) is 33.0. The average molecular weight is 704 g/mol. The molecule has 0 saturated carbocycles. The van der Waals surface area contributed by atoms with Gasteiger partial charge in [0.15, 0.2) is 0 Å². The lowest BCUT2D eigenvalue weighted by molar-refractivity contribution is -0.124. The predicted octanol–water partition coefficient (Wildman–Crippen LogP) is 12.4. The first kappa shape index (κ1) is 48.6. The first-order valence-corrected chi connectivity index (χ1v) is 21.8. The van der Waals surface area contributed by atoms with Gasteiger partial charge in [-0.1, -0.05) is 211 Å². The maximum atomic E-state index is 12.4. The van der Waals surface area contributed by atoms with Crippen LogP contribution in [-0.4, -0.2) is 46.1 Å². The molecule has 0 aliphatic heterocycles. The third-order valence-electron chi connectivity index (χ3n) is 9.92. The highest BCUT2D eigenvalue weighted by atomic mass is 16.3. The van der Waals surface area contributed by atoms with Crippen molar-refractivity contribution < 1.29 is 20.1 Å². The van der Waals surface area contributed by atoms with Gasteiger partial charge in [0.05, 0.1) is 31.3 Å². The minimum absolute atomic E-state index is 0.00454. The van der Waals surface area contributed by atoms with E-state index >= 15 is 0 Å². The number of aliphatic hydroxyl groups is 3. The third kappa shape index (κ3) is 36.4. The number of hydrogen-bond donors (Lipinski definition) is 4. The molecule has 0 radical (unpaired) electrons. The molecule has 0 spiro atoms. The number of amides is 1. The van der Waals surface area contributed by atoms with Gasteiger partial charge in [-0.3, -0.25) is 4.79 Å². The molecule has 5 heteroatoms. The minimum atomic E-state index is -0.956. The fourth-order valence-electron chi connectivity index (χ4n) is 6.61. The number of aliphatic hydroxyl groups excluding tert-OH is 3. The van der Waals surface area contributed by atoms with Gasteiger partial charge < -0.3 is 20.6 Å². The van der Waals surface area contributed by atoms with Crippen LogP contribution in [0.25, 0.3) is 0 Å². The Labute approximate surface area is 311 Å². The summed E-state index contributed by atoms with van der Waals surface area (Å²) in [6.07, 6.45) is 50.3. The Kier molecular flexibility index (Phi) is 39.2. The maximum Gasteiger partial charge on any atom is 0.222 e. The summed E-state index contributed by atoms with van der Waals surface area (Å²) in [6, 6.07) is -0.763. The standard InChI is InChI=1S/C45H85NO4/c1-3-5-7-9-11-13-15-16-17-18-19-20-21-22-23-24-25-26-27-28-29-30-32-34-36-38-42(48)40-45(50)46-43(41-47)44(49)39-37-35-33-31-14-12-10-8-6-4-2/h6,8,14,31,37,39,42-44,47-49H,3-5,7,9-13,15-30,32-36,38,40-41H2,1-2H3,(H,46,50)/b8-6+,31-14+,39-37+. The highest BCUT2D eigenvalue weighted by molar-refractivity contribution is 5.76. The SMILES string of the molecule is CC/C=C/CC/C=C/CC/C=C/C(O)C(CO)NC(=O)CC(O)CCCCCCCCCCCCCCCCCCCCCCCCCCC. The smallest absolute Gasteiger partial charge is 0.222 e. The Morgan fingerprint density at radius 2 is 0.880 bits per heavy atom. The Bertz CT molecular complexity index is 779. The molecule has 0 aromatic carbocycles. The van der Waals surface area contributed by atoms with Crippen molar-refractivity contribution in [1.82, 2.24) is 5.32 Å². The van der Waals surface area contributed by atoms with Gasteiger partial charge in [0.25, 0.3) is 0 Å². The van der Waals surface area contributed by atoms with Crippen LogP contribution < -0.4 is 5.32 Å². The first-order chi connectivity index (χ1) is 24.5. The number of carbonyl (C=O) groups is 1. The molecule has 0 aliphatic carbocycles. The summed E-state index contributed by atoms with van der Waals surface area (Å²) < 4.78 is 0. The molecule has 5 nitrogen and oxygen atoms in total. The Balaban J connectivity index is 3.56. The monoisotopic (exact) mass is 704 g/mol. The van der Waals surface area contributed by atoms with E-state index in [0.29, 0.717) is 6.42 Å². The molecule has 0 heterocycles. The van der Waals surface area contributed by atoms with Gasteiger partial charge >= 0.3 is 0 Å². The van der Waals surface area contributed by atoms with Crippen molar-refractivity contribution in [3.05, 3.63) is 36.5 Å². The summed E-state index contributed by atoms with van der Waals surface area (Å²) in [7, 11) is 0. The molecule has 3 unspecified atom stereocenters. The largest absolute Gasteiger partial charge is 0.394 e. The summed E-state index contributed by atoms with van der Waals surface area (Å²) >= 11 is 0. The van der Waals surface area contributed by atoms with Crippen molar-refractivity contribution in [2.75, 3.05) is 6.61 Å². The lowest BCUT2D eigenvalue weighted by Gasteiger charge is -2.21. The van der Waals surface area contributed by atoms with Crippen molar-refractivity contribution in [2.45, 2.75) is 238 Å². The molecule has 0 bridgehead atoms. The van der Waals surface area contributed by atoms with E-state index in [-0.39, 0.29) is 18.9 Å². The Hall–Kier alpha value is -1.43. The molecule has 0 rings (SSSR count). The molecule has 1 amide bonds. The lowest BCUT2D eigenvalue weighted by Crippen LogP contribution is -2.45. The third-order valence-corrected chi connectivity index (χ3v) is 9.92. The summed E-state index contributed by atoms with van der Waals surface area (Å²) in [5.74, 6) is -0.330. The highest BCUT2D eigenvalue weighted by Crippen LogP contribution is 2.16. The van der Waals surface area contributed by atoms with E-state index in [1.54, 1.807) is 6.08 Å². The fraction of sp³-hybridized carbons (Fsp3) is 0.844. The number of rotatable bonds is 39. The van der Waals surface area contributed by atoms with E-state index in [2.05, 4.69) is 43.5 Å². The second-order valence-corrected chi connectivity index (χ2v) is 14.9. The van der Waals surface area contributed by atoms with Crippen LogP contribution >= 0.6 is 0 Å². The minimum Gasteiger partial charge on any atom is -0.394 e. The first-order valence-electron chi connectivity index (χ1n) is 21.8. The summed E-state index contributed by atoms with van der Waals surface area (Å²) in [6.45, 7) is 4.08. The molecule has 294 valence electrons. The quantitative estimate of drug-likeness (QED) is 0.0379. The van der Waals surface area contributed by atoms with Crippen molar-refractivity contribution in [1.29, 1.82) is 0 Å². The Morgan fingerprint density at radius 1 is 0.520 bits per heavy atom. The highest BCUT2D eigenvalue weighted by Gasteiger charge is 2.20. The van der Waals surface area contributed by atoms with Crippen LogP contribution in [0.4, 0.5) is 0 Å². The zero-order valence-electron chi connectivity index (χ0n) is 33.3. The summed E-state index contributed by atoms with van der Waals surface area (Å²) in [4.78, 5) is 12.4. The van der Waals surface area contributed by atoms with Crippen LogP contribution in [0, 0.1) is 0 Å². The van der Waals surface area contributed by atoms with Crippen molar-refractivity contribution >= 4 is 5.91 Å². The van der Waals surface area contributed by atoms with Gasteiger partial charge in [-0.25, -0.2) is 0 Å². The fourth-order valence-corrected chi connectivity index (χ4v) is 6.61. The number of allylic oxidation sites excluding steroid dienone is 5. The van der Waals surface area contributed by atoms with Gasteiger partial charge in [0.1, 0.15) is 0 Å². The molecular weight excluding hydrogens is 618 g/mol. The van der Waals surface area contributed by atoms with Crippen LogP contribution in [0.1, 0.15) is 219 Å². The van der Waals surface area contributed by atoms with E-state index in [0.717, 1.165) is 44.9 Å². The number of unbranched alkanes of at least 4 members (excludes halogenated alkanes) is 26. The zero-order valence-corrected chi connectivity index (χ0v) is 33.3. The normalized spacial score (nSPS) is 13.9. The molecule has 50 heavy (non-hydrogen) atoms. The average Bonchev–Trinajstić information content (AvgIpc) is 3.11. The van der Waals surface area contributed by atoms with Gasteiger partial charge in [-0.05, 0) is 38.5 Å². The topological polar surface area (TPSA) is 89.8 Å². The van der Waals surface area contributed by atoms with E-state index in [1.165, 1.54) is 148 Å². The van der Waals surface area contributed by atoms with Gasteiger partial charge in [-0.2, -0.15) is 0 Å². The van der Waals surface area contributed by atoms with E-state index in [1.807, 2.05) is 6.08 Å². The van der Waals surface area contributed by atoms with E-state index < -0.39 is 18.2 Å². The summed E-state index contributed by atoms with van der Waals surface area (Å²) in [5.41, 5.74) is 0. The molecular formula is C45H85NO4. The van der Waals surface area contributed by atoms with Gasteiger partial charge in [0.2, 0.25) is 5.91 Å². The molecule has 0 saturated heterocycles. The van der Waals surface area contributed by atoms with Gasteiger partial charge in [0, 0.05) is 0 Å². The van der Waals surface area contributed by atoms with Crippen LogP contribution in [0.3, 0.4) is 0 Å². The van der Waals surface area contributed by atoms with Crippen molar-refractivity contribution in [3.63, 3.8) is 0 Å². The second-order valence-electron chi connectivity index (χ2n) is 14.9. The van der Waals surface area contributed by atoms with E-state index in [9.17, 15) is 20.1 Å². The second kappa shape index (κ2) is 40.3. The maximum absolute atomic E-state index is 12.4. The molecule has 0 fully saturated rings. The van der Waals surface area contributed by atoms with E-state index in [4.69, 9.17) is 0 Å².